The quantitative estimate of drug-likeness (QED) is 0.0593. The van der Waals surface area contributed by atoms with Gasteiger partial charge in [-0.15, -0.1) is 0 Å². The third kappa shape index (κ3) is 27.3. The van der Waals surface area contributed by atoms with Gasteiger partial charge >= 0.3 is 5.97 Å². The molecule has 0 spiro atoms. The summed E-state index contributed by atoms with van der Waals surface area (Å²) in [6.07, 6.45) is 19.6. The fourth-order valence-corrected chi connectivity index (χ4v) is 10.1. The first kappa shape index (κ1) is 86.2. The number of aliphatic hydroxyl groups excluding tert-OH is 1. The standard InChI is InChI=1S/C18H15N5O2.C11H8BrClN4O.C11H7BrN4O.C11H8N4O2.C7H9NO.C6H5ClN2O.C6H6N2O2.C5H4BrClN2/c1-11-3-4-13(19-7-11)9-24-14-6-16-17(20-8-14)25-18(23-16)15-5-12(2)21-10-22-15;1-6-2-9(16-5-15-6)11(18)17-8-3-7(12)4-14-10(8)13;1-6-2-8(15-5-14-6)11-16-9-3-7(12)4-13-10(9)17-11;1-6-2-8(14-5-13-6)11-15-9-3-7(16)4-12-10(9)17-11;1-6-2-3-7(5-9)8-4-6;1-4-2-5(6(7)10)9-3-8-4;1-4-2-5(6(9)10)8-3-7-4;6-3-1-4(8)5(7)9-2-3/h3-8,10H,9H2,1-2H3;2-5H,1H3,(H,17,18);2-5H,1H3;2-5,16H,1H3;2-4,9H,5H2,1H3;2-3H,1H3;2-3H,1H3,(H,9,10);1-2H,8H2. The number of nitrogens with two attached hydrogens (primary N) is 1. The number of rotatable bonds is 11. The lowest BCUT2D eigenvalue weighted by Crippen LogP contribution is -2.14. The second kappa shape index (κ2) is 42.2. The number of nitrogen functional groups attached to an aromatic ring is 1. The number of carbonyl (C=O) groups is 3. The van der Waals surface area contributed by atoms with Crippen molar-refractivity contribution in [2.75, 3.05) is 11.1 Å². The van der Waals surface area contributed by atoms with E-state index in [1.54, 1.807) is 82.1 Å². The number of halogens is 6. The number of hydrogen-bond acceptors (Lipinski definition) is 32. The van der Waals surface area contributed by atoms with E-state index in [-0.39, 0.29) is 40.5 Å². The Morgan fingerprint density at radius 1 is 0.443 bits per heavy atom. The fourth-order valence-electron chi connectivity index (χ4n) is 8.72. The van der Waals surface area contributed by atoms with Crippen LogP contribution in [0.2, 0.25) is 10.3 Å². The number of aliphatic hydroxyl groups is 1. The largest absolute Gasteiger partial charge is 0.506 e. The Bertz CT molecular complexity index is 5850. The van der Waals surface area contributed by atoms with E-state index in [9.17, 15) is 19.5 Å². The molecule has 1 amide bonds. The van der Waals surface area contributed by atoms with E-state index in [1.807, 2.05) is 83.3 Å². The van der Waals surface area contributed by atoms with Crippen LogP contribution in [0, 0.1) is 55.4 Å². The number of fused-ring (bicyclic) bond motifs is 3. The Morgan fingerprint density at radius 2 is 0.852 bits per heavy atom. The average Bonchev–Trinajstić information content (AvgIpc) is 1.68. The molecule has 0 aliphatic carbocycles. The van der Waals surface area contributed by atoms with Gasteiger partial charge in [-0.3, -0.25) is 19.6 Å². The molecule has 0 aliphatic heterocycles. The molecule has 0 saturated carbocycles. The van der Waals surface area contributed by atoms with E-state index in [0.717, 1.165) is 58.7 Å². The fraction of sp³-hybridized carbons (Fsp3) is 0.133. The molecule has 0 aromatic carbocycles. The van der Waals surface area contributed by atoms with Gasteiger partial charge in [0.2, 0.25) is 34.8 Å². The first-order valence-corrected chi connectivity index (χ1v) is 36.7. The van der Waals surface area contributed by atoms with Crippen molar-refractivity contribution in [1.29, 1.82) is 0 Å². The van der Waals surface area contributed by atoms with Gasteiger partial charge in [-0.1, -0.05) is 35.3 Å². The Hall–Kier alpha value is -12.8. The number of ether oxygens (including phenoxy) is 1. The molecule has 0 radical (unpaired) electrons. The summed E-state index contributed by atoms with van der Waals surface area (Å²) in [5.41, 5.74) is 20.3. The van der Waals surface area contributed by atoms with Crippen LogP contribution in [-0.2, 0) is 13.2 Å². The van der Waals surface area contributed by atoms with E-state index in [0.29, 0.717) is 109 Å². The van der Waals surface area contributed by atoms with Gasteiger partial charge in [0.05, 0.1) is 41.8 Å². The molecule has 0 unspecified atom stereocenters. The number of pyridine rings is 7. The minimum absolute atomic E-state index is 0.0281. The summed E-state index contributed by atoms with van der Waals surface area (Å²) in [5, 5.41) is 28.9. The topological polar surface area (TPSA) is 482 Å². The number of aromatic hydroxyl groups is 1. The SMILES string of the molecule is Cc1cc(-c2nc3cc(Br)cnc3o2)ncn1.Cc1cc(-c2nc3cc(O)cnc3o2)ncn1.Cc1cc(C(=O)Cl)ncn1.Cc1cc(C(=O)Nc2cc(Br)cnc2Cl)ncn1.Cc1cc(C(=O)O)ncn1.Cc1ccc(CO)nc1.Cc1ccc(COc2cnc3oc(-c4cc(C)ncn4)nc3c2)nc1.Nc1cc(Br)cnc1Cl. The van der Waals surface area contributed by atoms with Crippen molar-refractivity contribution in [1.82, 2.24) is 110 Å². The molecule has 584 valence electrons. The maximum absolute atomic E-state index is 11.9. The van der Waals surface area contributed by atoms with Crippen LogP contribution in [0.25, 0.3) is 68.4 Å². The van der Waals surface area contributed by atoms with Crippen LogP contribution < -0.4 is 15.8 Å². The number of aromatic carboxylic acids is 1. The third-order valence-corrected chi connectivity index (χ3v) is 16.3. The highest BCUT2D eigenvalue weighted by molar-refractivity contribution is 9.11. The molecule has 16 aromatic rings. The predicted molar refractivity (Wildman–Crippen MR) is 434 cm³/mol. The number of aryl methyl sites for hydroxylation is 8. The highest BCUT2D eigenvalue weighted by Crippen LogP contribution is 2.29. The second-order valence-corrected chi connectivity index (χ2v) is 27.3. The zero-order valence-corrected chi connectivity index (χ0v) is 68.5. The first-order chi connectivity index (χ1) is 55.1. The van der Waals surface area contributed by atoms with E-state index in [1.165, 1.54) is 62.4 Å². The smallest absolute Gasteiger partial charge is 0.354 e. The van der Waals surface area contributed by atoms with Crippen molar-refractivity contribution in [2.24, 2.45) is 0 Å². The highest BCUT2D eigenvalue weighted by atomic mass is 79.9. The molecule has 40 heteroatoms. The number of nitrogens with zero attached hydrogens (tertiary/aromatic N) is 22. The van der Waals surface area contributed by atoms with Crippen LogP contribution in [0.4, 0.5) is 11.4 Å². The maximum Gasteiger partial charge on any atom is 0.354 e. The molecule has 16 aromatic heterocycles. The van der Waals surface area contributed by atoms with Crippen molar-refractivity contribution < 1.29 is 47.7 Å². The van der Waals surface area contributed by atoms with Gasteiger partial charge in [-0.05, 0) is 193 Å². The normalized spacial score (nSPS) is 10.3. The lowest BCUT2D eigenvalue weighted by Gasteiger charge is -2.06. The predicted octanol–water partition coefficient (Wildman–Crippen LogP) is 15.2. The minimum Gasteiger partial charge on any atom is -0.506 e. The van der Waals surface area contributed by atoms with Crippen LogP contribution >= 0.6 is 82.6 Å². The Morgan fingerprint density at radius 3 is 1.30 bits per heavy atom. The van der Waals surface area contributed by atoms with Crippen molar-refractivity contribution in [2.45, 2.75) is 68.6 Å². The lowest BCUT2D eigenvalue weighted by molar-refractivity contribution is 0.0689. The van der Waals surface area contributed by atoms with Crippen molar-refractivity contribution in [3.05, 3.63) is 270 Å². The Labute approximate surface area is 693 Å². The molecule has 0 atom stereocenters. The number of amides is 1. The number of carbonyl (C=O) groups excluding carboxylic acids is 2. The van der Waals surface area contributed by atoms with Gasteiger partial charge in [0, 0.05) is 90.7 Å². The van der Waals surface area contributed by atoms with Crippen LogP contribution in [-0.4, -0.2) is 142 Å². The maximum atomic E-state index is 11.9. The summed E-state index contributed by atoms with van der Waals surface area (Å²) >= 11 is 26.3. The molecular formula is C75H62Br3Cl3N24O10. The Balaban J connectivity index is 0.000000154. The van der Waals surface area contributed by atoms with Crippen molar-refractivity contribution in [3.63, 3.8) is 0 Å². The van der Waals surface area contributed by atoms with Gasteiger partial charge in [0.15, 0.2) is 16.0 Å². The molecule has 115 heavy (non-hydrogen) atoms. The average molecular weight is 1810 g/mol. The molecule has 0 bridgehead atoms. The molecule has 0 fully saturated rings. The van der Waals surface area contributed by atoms with Crippen LogP contribution in [0.5, 0.6) is 11.5 Å². The first-order valence-electron chi connectivity index (χ1n) is 33.2. The minimum atomic E-state index is -1.02. The molecular weight excluding hydrogens is 1740 g/mol. The van der Waals surface area contributed by atoms with E-state index in [2.05, 4.69) is 163 Å². The molecule has 34 nitrogen and oxygen atoms in total. The van der Waals surface area contributed by atoms with Crippen LogP contribution in [0.1, 0.15) is 88.1 Å². The van der Waals surface area contributed by atoms with E-state index in [4.69, 9.17) is 68.7 Å². The van der Waals surface area contributed by atoms with Gasteiger partial charge < -0.3 is 44.4 Å². The van der Waals surface area contributed by atoms with Gasteiger partial charge in [0.1, 0.15) is 101 Å². The molecule has 6 N–H and O–H groups in total. The van der Waals surface area contributed by atoms with Gasteiger partial charge in [0.25, 0.3) is 11.1 Å². The van der Waals surface area contributed by atoms with Crippen LogP contribution in [0.15, 0.2) is 199 Å². The summed E-state index contributed by atoms with van der Waals surface area (Å²) < 4.78 is 24.8. The summed E-state index contributed by atoms with van der Waals surface area (Å²) in [5.74, 6) is 0.502. The summed E-state index contributed by atoms with van der Waals surface area (Å²) in [6, 6.07) is 26.1. The number of nitrogens with one attached hydrogen (secondary N) is 1. The van der Waals surface area contributed by atoms with Crippen molar-refractivity contribution >= 4 is 145 Å². The molecule has 16 heterocycles. The number of carboxylic acids is 1. The molecule has 0 aliphatic rings. The Kier molecular flexibility index (Phi) is 31.6. The van der Waals surface area contributed by atoms with E-state index >= 15 is 0 Å². The number of aromatic nitrogens is 22. The molecule has 16 rings (SSSR count). The number of oxazole rings is 3. The van der Waals surface area contributed by atoms with Crippen LogP contribution in [0.3, 0.4) is 0 Å². The van der Waals surface area contributed by atoms with Gasteiger partial charge in [-0.2, -0.15) is 0 Å². The zero-order valence-electron chi connectivity index (χ0n) is 61.5. The zero-order chi connectivity index (χ0) is 82.7. The highest BCUT2D eigenvalue weighted by Gasteiger charge is 2.17. The van der Waals surface area contributed by atoms with Gasteiger partial charge in [-0.25, -0.2) is 104 Å². The molecule has 0 saturated heterocycles. The third-order valence-electron chi connectivity index (χ3n) is 14.2. The monoisotopic (exact) mass is 1800 g/mol. The summed E-state index contributed by atoms with van der Waals surface area (Å²) in [4.78, 5) is 121. The number of anilines is 2. The number of hydrogen-bond donors (Lipinski definition) is 5. The van der Waals surface area contributed by atoms with Crippen molar-refractivity contribution in [3.8, 4) is 46.3 Å². The lowest BCUT2D eigenvalue weighted by atomic mass is 10.3. The summed E-state index contributed by atoms with van der Waals surface area (Å²) in [6.45, 7) is 15.3. The second-order valence-electron chi connectivity index (χ2n) is 23.5. The number of carboxylic acid groups (broad SMARTS) is 1. The van der Waals surface area contributed by atoms with E-state index < -0.39 is 11.2 Å². The summed E-state index contributed by atoms with van der Waals surface area (Å²) in [7, 11) is 0.